The van der Waals surface area contributed by atoms with Crippen LogP contribution >= 0.6 is 0 Å². The van der Waals surface area contributed by atoms with Crippen LogP contribution in [0.25, 0.3) is 0 Å². The fourth-order valence-corrected chi connectivity index (χ4v) is 3.24. The molecular formula is C23H31N5O10. The number of nitrogens with two attached hydrogens (primary N) is 2. The van der Waals surface area contributed by atoms with E-state index in [9.17, 15) is 38.7 Å². The number of hydrogen-bond donors (Lipinski definition) is 8. The molecule has 0 saturated heterocycles. The van der Waals surface area contributed by atoms with Gasteiger partial charge < -0.3 is 42.7 Å². The third kappa shape index (κ3) is 11.9. The Morgan fingerprint density at radius 3 is 1.76 bits per heavy atom. The monoisotopic (exact) mass is 537 g/mol. The van der Waals surface area contributed by atoms with Gasteiger partial charge in [0.25, 0.3) is 0 Å². The van der Waals surface area contributed by atoms with Gasteiger partial charge in [0.1, 0.15) is 18.1 Å². The summed E-state index contributed by atoms with van der Waals surface area (Å²) in [4.78, 5) is 82.9. The Hall–Kier alpha value is -4.53. The topological polar surface area (TPSA) is 268 Å². The van der Waals surface area contributed by atoms with E-state index in [2.05, 4.69) is 16.0 Å². The van der Waals surface area contributed by atoms with Crippen LogP contribution in [-0.4, -0.2) is 81.0 Å². The molecule has 0 fully saturated rings. The zero-order chi connectivity index (χ0) is 28.8. The predicted molar refractivity (Wildman–Crippen MR) is 129 cm³/mol. The molecule has 4 amide bonds. The van der Waals surface area contributed by atoms with Gasteiger partial charge in [-0.25, -0.2) is 4.79 Å². The molecule has 38 heavy (non-hydrogen) atoms. The molecule has 1 aromatic carbocycles. The highest BCUT2D eigenvalue weighted by Gasteiger charge is 2.31. The van der Waals surface area contributed by atoms with Crippen LogP contribution in [0, 0.1) is 0 Å². The minimum atomic E-state index is -1.55. The Balaban J connectivity index is 3.13. The van der Waals surface area contributed by atoms with E-state index in [0.717, 1.165) is 0 Å². The second-order valence-corrected chi connectivity index (χ2v) is 8.35. The first-order valence-corrected chi connectivity index (χ1v) is 11.5. The highest BCUT2D eigenvalue weighted by atomic mass is 16.4. The Morgan fingerprint density at radius 2 is 1.24 bits per heavy atom. The van der Waals surface area contributed by atoms with Crippen molar-refractivity contribution in [2.45, 2.75) is 62.7 Å². The van der Waals surface area contributed by atoms with Crippen LogP contribution in [0.5, 0.6) is 0 Å². The second kappa shape index (κ2) is 15.6. The SMILES string of the molecule is NC(=O)CCC(NC(=O)C(CCC(=O)O)NC(=O)C(Cc1ccccc1)NC(=O)C(N)CC(=O)O)C(=O)O. The fourth-order valence-electron chi connectivity index (χ4n) is 3.24. The normalized spacial score (nSPS) is 13.7. The molecule has 15 heteroatoms. The van der Waals surface area contributed by atoms with Crippen LogP contribution in [0.3, 0.4) is 0 Å². The molecule has 0 heterocycles. The summed E-state index contributed by atoms with van der Waals surface area (Å²) in [6, 6.07) is 2.44. The Bertz CT molecular complexity index is 1030. The maximum atomic E-state index is 13.1. The number of carbonyl (C=O) groups is 7. The number of carboxylic acids is 3. The van der Waals surface area contributed by atoms with Gasteiger partial charge in [0.05, 0.1) is 12.5 Å². The van der Waals surface area contributed by atoms with E-state index in [0.29, 0.717) is 5.56 Å². The Labute approximate surface area is 216 Å². The van der Waals surface area contributed by atoms with Crippen molar-refractivity contribution >= 4 is 41.5 Å². The molecule has 0 spiro atoms. The molecule has 4 atom stereocenters. The van der Waals surface area contributed by atoms with Crippen molar-refractivity contribution in [3.63, 3.8) is 0 Å². The number of benzene rings is 1. The van der Waals surface area contributed by atoms with Crippen LogP contribution in [-0.2, 0) is 40.0 Å². The van der Waals surface area contributed by atoms with Crippen LogP contribution in [0.4, 0.5) is 0 Å². The summed E-state index contributed by atoms with van der Waals surface area (Å²) in [7, 11) is 0. The summed E-state index contributed by atoms with van der Waals surface area (Å²) in [6.45, 7) is 0. The summed E-state index contributed by atoms with van der Waals surface area (Å²) < 4.78 is 0. The molecule has 0 aliphatic rings. The third-order valence-corrected chi connectivity index (χ3v) is 5.22. The lowest BCUT2D eigenvalue weighted by Gasteiger charge is -2.25. The lowest BCUT2D eigenvalue weighted by Crippen LogP contribution is -2.57. The van der Waals surface area contributed by atoms with E-state index in [1.54, 1.807) is 30.3 Å². The molecule has 4 unspecified atom stereocenters. The van der Waals surface area contributed by atoms with Crippen molar-refractivity contribution in [1.82, 2.24) is 16.0 Å². The van der Waals surface area contributed by atoms with Gasteiger partial charge in [-0.15, -0.1) is 0 Å². The Kier molecular flexibility index (Phi) is 12.9. The van der Waals surface area contributed by atoms with Gasteiger partial charge in [-0.2, -0.15) is 0 Å². The highest BCUT2D eigenvalue weighted by Crippen LogP contribution is 2.07. The zero-order valence-corrected chi connectivity index (χ0v) is 20.3. The van der Waals surface area contributed by atoms with Crippen LogP contribution in [0.15, 0.2) is 30.3 Å². The number of hydrogen-bond acceptors (Lipinski definition) is 8. The van der Waals surface area contributed by atoms with Crippen LogP contribution in [0.2, 0.25) is 0 Å². The molecule has 15 nitrogen and oxygen atoms in total. The average molecular weight is 538 g/mol. The standard InChI is InChI=1S/C23H31N5O10/c24-13(11-19(32)33)20(34)28-16(10-12-4-2-1-3-5-12)22(36)26-14(7-9-18(30)31)21(35)27-15(23(37)38)6-8-17(25)29/h1-5,13-16H,6-11,24H2,(H2,25,29)(H,26,36)(H,27,35)(H,28,34)(H,30,31)(H,32,33)(H,37,38). The van der Waals surface area contributed by atoms with E-state index in [1.807, 2.05) is 0 Å². The molecule has 10 N–H and O–H groups in total. The third-order valence-electron chi connectivity index (χ3n) is 5.22. The number of carbonyl (C=O) groups excluding carboxylic acids is 4. The second-order valence-electron chi connectivity index (χ2n) is 8.35. The largest absolute Gasteiger partial charge is 0.481 e. The number of amides is 4. The van der Waals surface area contributed by atoms with Gasteiger partial charge in [0.15, 0.2) is 0 Å². The van der Waals surface area contributed by atoms with Crippen molar-refractivity contribution < 1.29 is 48.9 Å². The van der Waals surface area contributed by atoms with Crippen molar-refractivity contribution in [3.05, 3.63) is 35.9 Å². The predicted octanol–water partition coefficient (Wildman–Crippen LogP) is -2.30. The molecule has 1 aromatic rings. The lowest BCUT2D eigenvalue weighted by atomic mass is 10.0. The number of carboxylic acid groups (broad SMARTS) is 3. The van der Waals surface area contributed by atoms with Crippen LogP contribution < -0.4 is 27.4 Å². The first-order valence-electron chi connectivity index (χ1n) is 11.5. The van der Waals surface area contributed by atoms with Gasteiger partial charge in [0, 0.05) is 19.3 Å². The van der Waals surface area contributed by atoms with Gasteiger partial charge in [0.2, 0.25) is 23.6 Å². The molecule has 0 aromatic heterocycles. The van der Waals surface area contributed by atoms with E-state index in [4.69, 9.17) is 21.7 Å². The van der Waals surface area contributed by atoms with Crippen molar-refractivity contribution in [1.29, 1.82) is 0 Å². The molecule has 0 aliphatic carbocycles. The van der Waals surface area contributed by atoms with Crippen LogP contribution in [0.1, 0.15) is 37.7 Å². The minimum absolute atomic E-state index is 0.0954. The van der Waals surface area contributed by atoms with Gasteiger partial charge in [-0.05, 0) is 18.4 Å². The van der Waals surface area contributed by atoms with E-state index < -0.39 is 85.0 Å². The van der Waals surface area contributed by atoms with Gasteiger partial charge >= 0.3 is 17.9 Å². The molecule has 0 radical (unpaired) electrons. The smallest absolute Gasteiger partial charge is 0.326 e. The first kappa shape index (κ1) is 31.5. The summed E-state index contributed by atoms with van der Waals surface area (Å²) in [5.41, 5.74) is 11.2. The maximum Gasteiger partial charge on any atom is 0.326 e. The highest BCUT2D eigenvalue weighted by molar-refractivity contribution is 5.95. The molecule has 0 aliphatic heterocycles. The van der Waals surface area contributed by atoms with E-state index in [1.165, 1.54) is 0 Å². The Morgan fingerprint density at radius 1 is 0.711 bits per heavy atom. The number of nitrogens with one attached hydrogen (secondary N) is 3. The summed E-state index contributed by atoms with van der Waals surface area (Å²) in [5, 5.41) is 34.0. The number of aliphatic carboxylic acids is 3. The van der Waals surface area contributed by atoms with Gasteiger partial charge in [-0.3, -0.25) is 28.8 Å². The quantitative estimate of drug-likeness (QED) is 0.105. The summed E-state index contributed by atoms with van der Waals surface area (Å²) in [6.07, 6.45) is -2.51. The van der Waals surface area contributed by atoms with E-state index >= 15 is 0 Å². The minimum Gasteiger partial charge on any atom is -0.481 e. The van der Waals surface area contributed by atoms with Crippen molar-refractivity contribution in [2.24, 2.45) is 11.5 Å². The lowest BCUT2D eigenvalue weighted by molar-refractivity contribution is -0.143. The number of primary amides is 1. The van der Waals surface area contributed by atoms with Crippen molar-refractivity contribution in [2.75, 3.05) is 0 Å². The average Bonchev–Trinajstić information content (AvgIpc) is 2.83. The molecule has 0 bridgehead atoms. The van der Waals surface area contributed by atoms with Gasteiger partial charge in [-0.1, -0.05) is 30.3 Å². The molecule has 0 saturated carbocycles. The maximum absolute atomic E-state index is 13.1. The summed E-state index contributed by atoms with van der Waals surface area (Å²) >= 11 is 0. The first-order chi connectivity index (χ1) is 17.8. The summed E-state index contributed by atoms with van der Waals surface area (Å²) in [5.74, 6) is -7.84. The zero-order valence-electron chi connectivity index (χ0n) is 20.3. The molecule has 1 rings (SSSR count). The molecule has 208 valence electrons. The fraction of sp³-hybridized carbons (Fsp3) is 0.435. The molecular weight excluding hydrogens is 506 g/mol. The number of rotatable bonds is 17. The van der Waals surface area contributed by atoms with E-state index in [-0.39, 0.29) is 19.3 Å². The van der Waals surface area contributed by atoms with Crippen molar-refractivity contribution in [3.8, 4) is 0 Å².